The predicted octanol–water partition coefficient (Wildman–Crippen LogP) is 3.26. The monoisotopic (exact) mass is 824 g/mol. The summed E-state index contributed by atoms with van der Waals surface area (Å²) in [6.07, 6.45) is 22.5. The molecule has 10 radical (unpaired) electrons. The predicted molar refractivity (Wildman–Crippen MR) is 205 cm³/mol. The van der Waals surface area contributed by atoms with Gasteiger partial charge in [0.05, 0.1) is 106 Å². The second-order valence-electron chi connectivity index (χ2n) is 11.9. The molecule has 0 atom stereocenters. The maximum absolute atomic E-state index is 9.01. The summed E-state index contributed by atoms with van der Waals surface area (Å²) < 4.78 is 44.5. The molecule has 0 amide bonds. The molecule has 0 bridgehead atoms. The minimum absolute atomic E-state index is 0. The van der Waals surface area contributed by atoms with Gasteiger partial charge in [-0.05, 0) is 75.7 Å². The van der Waals surface area contributed by atoms with Crippen LogP contribution in [0.2, 0.25) is 0 Å². The molecule has 0 unspecified atom stereocenters. The summed E-state index contributed by atoms with van der Waals surface area (Å²) in [5.74, 6) is 2.02. The van der Waals surface area contributed by atoms with E-state index in [9.17, 15) is 0 Å². The third-order valence-corrected chi connectivity index (χ3v) is 8.15. The van der Waals surface area contributed by atoms with Crippen LogP contribution >= 0.6 is 0 Å². The Kier molecular flexibility index (Phi) is 29.5. The molecule has 2 aliphatic carbocycles. The molecule has 57 heavy (non-hydrogen) atoms. The van der Waals surface area contributed by atoms with Crippen molar-refractivity contribution >= 4 is 0 Å². The molecule has 0 aromatic heterocycles. The number of nitrogens with zero attached hydrogens (tertiary/aromatic N) is 6. The molecule has 304 valence electrons. The fourth-order valence-corrected chi connectivity index (χ4v) is 5.31. The molecular weight excluding hydrogens is 772 g/mol. The van der Waals surface area contributed by atoms with Crippen LogP contribution in [0.25, 0.3) is 0 Å². The molecule has 4 fully saturated rings. The van der Waals surface area contributed by atoms with Gasteiger partial charge in [-0.15, -0.1) is 0 Å². The number of allylic oxidation sites excluding steroid dienone is 8. The molecule has 0 aromatic rings. The summed E-state index contributed by atoms with van der Waals surface area (Å²) >= 11 is 0. The first-order valence-corrected chi connectivity index (χ1v) is 18.7. The molecule has 0 aromatic carbocycles. The Morgan fingerprint density at radius 1 is 0.386 bits per heavy atom. The average molecular weight is 825 g/mol. The van der Waals surface area contributed by atoms with Crippen molar-refractivity contribution in [1.29, 1.82) is 21.0 Å². The summed E-state index contributed by atoms with van der Waals surface area (Å²) in [5, 5.41) is 36.1. The van der Waals surface area contributed by atoms with E-state index in [1.807, 2.05) is 75.6 Å². The molecular formula is C42H52FeN6O8+2. The van der Waals surface area contributed by atoms with Crippen molar-refractivity contribution in [3.05, 3.63) is 110 Å². The van der Waals surface area contributed by atoms with Crippen LogP contribution in [-0.2, 0) is 55.0 Å². The average Bonchev–Trinajstić information content (AvgIpc) is 3.96. The molecule has 2 heterocycles. The van der Waals surface area contributed by atoms with Gasteiger partial charge in [-0.2, -0.15) is 21.0 Å². The standard InChI is InChI=1S/2C21H26N3O4.Fe/c2*22-17-19(18-23)5-6-21(20-3-1-2-4-20)24-7-9-25-11-13-27-15-16-28-14-12-26-10-8-24;/h2*1-6H,7-16H2;/q;;+2/b2*21-6-;. The molecule has 2 saturated heterocycles. The van der Waals surface area contributed by atoms with Crippen LogP contribution in [0.5, 0.6) is 0 Å². The van der Waals surface area contributed by atoms with Crippen molar-refractivity contribution in [2.75, 3.05) is 132 Å². The van der Waals surface area contributed by atoms with Crippen LogP contribution in [0.1, 0.15) is 0 Å². The summed E-state index contributed by atoms with van der Waals surface area (Å²) in [7, 11) is 0. The van der Waals surface area contributed by atoms with Crippen molar-refractivity contribution < 1.29 is 55.0 Å². The fraction of sp³-hybridized carbons (Fsp3) is 0.476. The van der Waals surface area contributed by atoms with Gasteiger partial charge < -0.3 is 47.7 Å². The topological polar surface area (TPSA) is 175 Å². The van der Waals surface area contributed by atoms with Crippen LogP contribution < -0.4 is 0 Å². The van der Waals surface area contributed by atoms with Crippen LogP contribution in [-0.4, -0.2) is 142 Å². The van der Waals surface area contributed by atoms with Crippen molar-refractivity contribution in [3.8, 4) is 24.3 Å². The van der Waals surface area contributed by atoms with Crippen molar-refractivity contribution in [2.24, 2.45) is 0 Å². The van der Waals surface area contributed by atoms with Gasteiger partial charge in [0.2, 0.25) is 0 Å². The van der Waals surface area contributed by atoms with E-state index in [1.165, 1.54) is 0 Å². The Morgan fingerprint density at radius 3 is 0.842 bits per heavy atom. The van der Waals surface area contributed by atoms with E-state index in [0.29, 0.717) is 132 Å². The van der Waals surface area contributed by atoms with Gasteiger partial charge in [-0.3, -0.25) is 0 Å². The van der Waals surface area contributed by atoms with Gasteiger partial charge in [0.15, 0.2) is 0 Å². The maximum atomic E-state index is 9.01. The first-order chi connectivity index (χ1) is 27.7. The molecule has 14 nitrogen and oxygen atoms in total. The molecule has 2 aliphatic heterocycles. The first-order valence-electron chi connectivity index (χ1n) is 18.7. The summed E-state index contributed by atoms with van der Waals surface area (Å²) in [4.78, 5) is 4.28. The van der Waals surface area contributed by atoms with Crippen LogP contribution in [0.4, 0.5) is 0 Å². The minimum atomic E-state index is 0. The smallest absolute Gasteiger partial charge is 0.377 e. The van der Waals surface area contributed by atoms with E-state index in [4.69, 9.17) is 58.9 Å². The minimum Gasteiger partial charge on any atom is -0.377 e. The van der Waals surface area contributed by atoms with Crippen molar-refractivity contribution in [2.45, 2.75) is 0 Å². The van der Waals surface area contributed by atoms with Crippen molar-refractivity contribution in [3.63, 3.8) is 0 Å². The first kappa shape index (κ1) is 49.9. The quantitative estimate of drug-likeness (QED) is 0.217. The van der Waals surface area contributed by atoms with Gasteiger partial charge in [0.25, 0.3) is 0 Å². The van der Waals surface area contributed by atoms with Crippen LogP contribution in [0.3, 0.4) is 0 Å². The van der Waals surface area contributed by atoms with Gasteiger partial charge in [-0.25, -0.2) is 0 Å². The Balaban J connectivity index is 0.000000387. The largest absolute Gasteiger partial charge is 2.00 e. The Morgan fingerprint density at radius 2 is 0.614 bits per heavy atom. The second kappa shape index (κ2) is 33.7. The molecule has 0 N–H and O–H groups in total. The van der Waals surface area contributed by atoms with Gasteiger partial charge in [0, 0.05) is 49.4 Å². The Bertz CT molecular complexity index is 1220. The van der Waals surface area contributed by atoms with E-state index in [2.05, 4.69) is 9.80 Å². The maximum Gasteiger partial charge on any atom is 2.00 e. The number of rotatable bonds is 6. The normalized spacial score (nSPS) is 21.4. The van der Waals surface area contributed by atoms with E-state index < -0.39 is 0 Å². The fourth-order valence-electron chi connectivity index (χ4n) is 5.31. The number of nitriles is 4. The zero-order chi connectivity index (χ0) is 39.7. The summed E-state index contributed by atoms with van der Waals surface area (Å²) in [5.41, 5.74) is 1.95. The van der Waals surface area contributed by atoms with E-state index >= 15 is 0 Å². The van der Waals surface area contributed by atoms with Gasteiger partial charge >= 0.3 is 17.1 Å². The van der Waals surface area contributed by atoms with E-state index in [-0.39, 0.29) is 28.2 Å². The van der Waals surface area contributed by atoms with Crippen molar-refractivity contribution in [1.82, 2.24) is 9.80 Å². The number of hydrogen-bond acceptors (Lipinski definition) is 14. The SMILES string of the molecule is N#CC(C#N)=C/C=C(/[C]1[CH][CH][CH][CH]1)N1CCOCCOCCOCCOCC1.N#CC(C#N)=C/C=C(/[C]1[CH][CH][CH][CH]1)N1CCOCCOCCOCCOCC1.[Fe+2]. The molecule has 15 heteroatoms. The third kappa shape index (κ3) is 21.9. The van der Waals surface area contributed by atoms with E-state index in [1.54, 1.807) is 24.3 Å². The Labute approximate surface area is 351 Å². The van der Waals surface area contributed by atoms with Gasteiger partial charge in [0.1, 0.15) is 35.4 Å². The number of hydrogen-bond donors (Lipinski definition) is 0. The Hall–Kier alpha value is -3.28. The third-order valence-electron chi connectivity index (χ3n) is 8.15. The summed E-state index contributed by atoms with van der Waals surface area (Å²) in [6.45, 7) is 11.1. The van der Waals surface area contributed by atoms with Crippen LogP contribution in [0.15, 0.2) is 46.8 Å². The van der Waals surface area contributed by atoms with E-state index in [0.717, 1.165) is 23.2 Å². The molecule has 4 rings (SSSR count). The molecule has 0 spiro atoms. The summed E-state index contributed by atoms with van der Waals surface area (Å²) in [6, 6.07) is 7.56. The molecule has 2 saturated carbocycles. The second-order valence-corrected chi connectivity index (χ2v) is 11.9. The van der Waals surface area contributed by atoms with Crippen LogP contribution in [0, 0.1) is 109 Å². The van der Waals surface area contributed by atoms with Gasteiger partial charge in [-0.1, -0.05) is 0 Å². The zero-order valence-corrected chi connectivity index (χ0v) is 33.5. The molecule has 4 aliphatic rings. The number of ether oxygens (including phenoxy) is 8. The zero-order valence-electron chi connectivity index (χ0n) is 32.4.